The summed E-state index contributed by atoms with van der Waals surface area (Å²) in [5.74, 6) is -3.87. The summed E-state index contributed by atoms with van der Waals surface area (Å²) in [6, 6.07) is 18.5. The summed E-state index contributed by atoms with van der Waals surface area (Å²) in [5.41, 5.74) is 3.33. The van der Waals surface area contributed by atoms with Gasteiger partial charge in [-0.15, -0.1) is 0 Å². The van der Waals surface area contributed by atoms with Crippen molar-refractivity contribution in [2.45, 2.75) is 24.9 Å². The first-order valence-electron chi connectivity index (χ1n) is 12.5. The zero-order chi connectivity index (χ0) is 31.2. The van der Waals surface area contributed by atoms with Gasteiger partial charge in [0.15, 0.2) is 5.78 Å². The third kappa shape index (κ3) is 8.22. The van der Waals surface area contributed by atoms with Crippen LogP contribution in [0.25, 0.3) is 0 Å². The second-order valence-corrected chi connectivity index (χ2v) is 11.0. The van der Waals surface area contributed by atoms with E-state index in [0.29, 0.717) is 37.4 Å². The van der Waals surface area contributed by atoms with Crippen LogP contribution in [0.5, 0.6) is 0 Å². The maximum atomic E-state index is 13.1. The number of carbonyl (C=O) groups is 3. The molecule has 1 heterocycles. The van der Waals surface area contributed by atoms with Gasteiger partial charge in [0.2, 0.25) is 0 Å². The Morgan fingerprint density at radius 1 is 0.833 bits per heavy atom. The number of Topliss-reactive ketones (excluding diaryl/α,β-unsaturated/α-hetero) is 1. The van der Waals surface area contributed by atoms with Crippen molar-refractivity contribution in [1.82, 2.24) is 0 Å². The number of sulfonamides is 1. The average Bonchev–Trinajstić information content (AvgIpc) is 2.93. The second kappa shape index (κ2) is 12.9. The minimum atomic E-state index is -5.08. The van der Waals surface area contributed by atoms with Crippen molar-refractivity contribution in [3.63, 3.8) is 0 Å². The summed E-state index contributed by atoms with van der Waals surface area (Å²) >= 11 is 0. The lowest BCUT2D eigenvalue weighted by molar-refractivity contribution is -0.192. The summed E-state index contributed by atoms with van der Waals surface area (Å²) < 4.78 is 60.5. The van der Waals surface area contributed by atoms with E-state index in [1.54, 1.807) is 18.2 Å². The topological polar surface area (TPSA) is 144 Å². The number of aromatic carboxylic acids is 1. The van der Waals surface area contributed by atoms with Crippen LogP contribution in [-0.4, -0.2) is 68.7 Å². The Balaban J connectivity index is 0.000000616. The van der Waals surface area contributed by atoms with Crippen molar-refractivity contribution in [3.8, 4) is 0 Å². The number of aliphatic carboxylic acids is 1. The Kier molecular flexibility index (Phi) is 9.83. The second-order valence-electron chi connectivity index (χ2n) is 9.34. The van der Waals surface area contributed by atoms with Gasteiger partial charge in [0.1, 0.15) is 0 Å². The van der Waals surface area contributed by atoms with Gasteiger partial charge in [-0.1, -0.05) is 12.1 Å². The molecule has 14 heteroatoms. The molecule has 1 fully saturated rings. The molecule has 0 amide bonds. The van der Waals surface area contributed by atoms with E-state index < -0.39 is 28.1 Å². The first-order valence-corrected chi connectivity index (χ1v) is 13.9. The summed E-state index contributed by atoms with van der Waals surface area (Å²) in [7, 11) is -3.91. The van der Waals surface area contributed by atoms with Gasteiger partial charge in [-0.3, -0.25) is 9.52 Å². The molecule has 1 aliphatic heterocycles. The van der Waals surface area contributed by atoms with E-state index in [1.165, 1.54) is 25.1 Å². The average molecular weight is 608 g/mol. The number of piperazine rings is 1. The number of carboxylic acids is 2. The van der Waals surface area contributed by atoms with Crippen LogP contribution in [-0.2, 0) is 14.8 Å². The van der Waals surface area contributed by atoms with Crippen molar-refractivity contribution >= 4 is 44.8 Å². The molecule has 0 aliphatic carbocycles. The maximum Gasteiger partial charge on any atom is 0.490 e. The van der Waals surface area contributed by atoms with Crippen molar-refractivity contribution in [2.24, 2.45) is 0 Å². The Labute approximate surface area is 240 Å². The number of alkyl halides is 3. The molecule has 1 saturated heterocycles. The first kappa shape index (κ1) is 31.9. The van der Waals surface area contributed by atoms with Crippen LogP contribution in [0.4, 0.5) is 30.2 Å². The number of hydrogen-bond donors (Lipinski definition) is 3. The monoisotopic (exact) mass is 607 g/mol. The fourth-order valence-electron chi connectivity index (χ4n) is 4.13. The fourth-order valence-corrected chi connectivity index (χ4v) is 5.29. The molecule has 0 aromatic heterocycles. The van der Waals surface area contributed by atoms with Crippen LogP contribution in [0.15, 0.2) is 71.6 Å². The number of halogens is 3. The predicted molar refractivity (Wildman–Crippen MR) is 150 cm³/mol. The van der Waals surface area contributed by atoms with E-state index in [0.717, 1.165) is 11.3 Å². The van der Waals surface area contributed by atoms with E-state index in [9.17, 15) is 36.3 Å². The van der Waals surface area contributed by atoms with Crippen molar-refractivity contribution in [2.75, 3.05) is 40.7 Å². The molecule has 3 N–H and O–H groups in total. The summed E-state index contributed by atoms with van der Waals surface area (Å²) in [4.78, 5) is 36.3. The van der Waals surface area contributed by atoms with Crippen molar-refractivity contribution < 1.29 is 46.2 Å². The van der Waals surface area contributed by atoms with E-state index in [4.69, 9.17) is 9.90 Å². The van der Waals surface area contributed by atoms with Crippen LogP contribution in [0.3, 0.4) is 0 Å². The zero-order valence-corrected chi connectivity index (χ0v) is 23.4. The number of anilines is 3. The largest absolute Gasteiger partial charge is 0.490 e. The molecule has 4 rings (SSSR count). The van der Waals surface area contributed by atoms with E-state index in [2.05, 4.69) is 9.62 Å². The molecule has 0 radical (unpaired) electrons. The van der Waals surface area contributed by atoms with Crippen molar-refractivity contribution in [1.29, 1.82) is 0 Å². The Bertz CT molecular complexity index is 1570. The summed E-state index contributed by atoms with van der Waals surface area (Å²) in [6.07, 6.45) is -5.08. The summed E-state index contributed by atoms with van der Waals surface area (Å²) in [5, 5.41) is 16.6. The maximum absolute atomic E-state index is 13.1. The van der Waals surface area contributed by atoms with Gasteiger partial charge in [-0.2, -0.15) is 13.2 Å². The number of ketones is 1. The lowest BCUT2D eigenvalue weighted by Crippen LogP contribution is -2.46. The highest BCUT2D eigenvalue weighted by molar-refractivity contribution is 7.92. The lowest BCUT2D eigenvalue weighted by atomic mass is 10.1. The van der Waals surface area contributed by atoms with Gasteiger partial charge in [0, 0.05) is 37.4 Å². The number of hydrogen-bond acceptors (Lipinski definition) is 7. The molecule has 0 atom stereocenters. The smallest absolute Gasteiger partial charge is 0.478 e. The normalized spacial score (nSPS) is 13.5. The highest BCUT2D eigenvalue weighted by Gasteiger charge is 2.38. The standard InChI is InChI=1S/C26H27N3O5S.C2HF3O2/c1-18-4-3-5-23(16-18)35(33,34)27-24-17-21(26(31)32)8-11-25(24)29-14-12-28(13-15-29)22-9-6-20(7-10-22)19(2)30;3-2(4,5)1(6)7/h3-11,16-17,27H,12-15H2,1-2H3,(H,31,32);(H,6,7). The van der Waals surface area contributed by atoms with Crippen molar-refractivity contribution in [3.05, 3.63) is 83.4 Å². The molecule has 224 valence electrons. The van der Waals surface area contributed by atoms with Crippen LogP contribution in [0, 0.1) is 6.92 Å². The van der Waals surface area contributed by atoms with E-state index >= 15 is 0 Å². The highest BCUT2D eigenvalue weighted by atomic mass is 32.2. The van der Waals surface area contributed by atoms with Crippen LogP contribution < -0.4 is 14.5 Å². The number of carbonyl (C=O) groups excluding carboxylic acids is 1. The molecule has 0 saturated carbocycles. The van der Waals surface area contributed by atoms with Crippen LogP contribution in [0.2, 0.25) is 0 Å². The third-order valence-electron chi connectivity index (χ3n) is 6.29. The molecule has 10 nitrogen and oxygen atoms in total. The van der Waals surface area contributed by atoms with Gasteiger partial charge < -0.3 is 20.0 Å². The van der Waals surface area contributed by atoms with Gasteiger partial charge in [-0.25, -0.2) is 18.0 Å². The molecular weight excluding hydrogens is 579 g/mol. The number of nitrogens with zero attached hydrogens (tertiary/aromatic N) is 2. The Morgan fingerprint density at radius 3 is 1.88 bits per heavy atom. The molecule has 3 aromatic carbocycles. The van der Waals surface area contributed by atoms with Crippen LogP contribution >= 0.6 is 0 Å². The molecule has 3 aromatic rings. The Hall–Kier alpha value is -4.59. The van der Waals surface area contributed by atoms with Crippen LogP contribution in [0.1, 0.15) is 33.2 Å². The quantitative estimate of drug-likeness (QED) is 0.327. The van der Waals surface area contributed by atoms with Gasteiger partial charge in [-0.05, 0) is 74.0 Å². The number of benzene rings is 3. The fraction of sp³-hybridized carbons (Fsp3) is 0.250. The lowest BCUT2D eigenvalue weighted by Gasteiger charge is -2.38. The molecule has 0 bridgehead atoms. The zero-order valence-electron chi connectivity index (χ0n) is 22.6. The minimum Gasteiger partial charge on any atom is -0.478 e. The predicted octanol–water partition coefficient (Wildman–Crippen LogP) is 4.66. The molecule has 1 aliphatic rings. The Morgan fingerprint density at radius 2 is 1.38 bits per heavy atom. The molecular formula is C28H28F3N3O7S. The number of rotatable bonds is 7. The van der Waals surface area contributed by atoms with E-state index in [1.807, 2.05) is 42.2 Å². The number of carboxylic acid groups (broad SMARTS) is 2. The number of nitrogens with one attached hydrogen (secondary N) is 1. The van der Waals surface area contributed by atoms with Gasteiger partial charge in [0.05, 0.1) is 21.8 Å². The molecule has 0 spiro atoms. The first-order chi connectivity index (χ1) is 19.6. The SMILES string of the molecule is CC(=O)c1ccc(N2CCN(c3ccc(C(=O)O)cc3NS(=O)(=O)c3cccc(C)c3)CC2)cc1.O=C(O)C(F)(F)F. The molecule has 0 unspecified atom stereocenters. The molecule has 42 heavy (non-hydrogen) atoms. The minimum absolute atomic E-state index is 0.000103. The number of aryl methyl sites for hydroxylation is 1. The summed E-state index contributed by atoms with van der Waals surface area (Å²) in [6.45, 7) is 5.94. The van der Waals surface area contributed by atoms with Gasteiger partial charge in [0.25, 0.3) is 10.0 Å². The van der Waals surface area contributed by atoms with E-state index in [-0.39, 0.29) is 21.9 Å². The third-order valence-corrected chi connectivity index (χ3v) is 7.65. The van der Waals surface area contributed by atoms with Gasteiger partial charge >= 0.3 is 18.1 Å². The highest BCUT2D eigenvalue weighted by Crippen LogP contribution is 2.31.